The number of hydrogen-bond donors (Lipinski definition) is 4. The lowest BCUT2D eigenvalue weighted by Crippen LogP contribution is -2.60. The second-order valence-corrected chi connectivity index (χ2v) is 11.9. The maximum Gasteiger partial charge on any atom is 0.237 e. The quantitative estimate of drug-likeness (QED) is 0.367. The predicted molar refractivity (Wildman–Crippen MR) is 146 cm³/mol. The van der Waals surface area contributed by atoms with Gasteiger partial charge < -0.3 is 25.6 Å². The van der Waals surface area contributed by atoms with Crippen LogP contribution >= 0.6 is 23.4 Å². The highest BCUT2D eigenvalue weighted by atomic mass is 35.5. The van der Waals surface area contributed by atoms with E-state index < -0.39 is 41.2 Å². The number of halogens is 2. The van der Waals surface area contributed by atoms with Gasteiger partial charge in [0, 0.05) is 6.42 Å². The Balaban J connectivity index is 1.33. The summed E-state index contributed by atoms with van der Waals surface area (Å²) < 4.78 is 19.6. The number of amides is 1. The van der Waals surface area contributed by atoms with E-state index in [1.807, 2.05) is 12.3 Å². The number of rotatable bonds is 8. The largest absolute Gasteiger partial charge is 0.390 e. The number of benzene rings is 1. The summed E-state index contributed by atoms with van der Waals surface area (Å²) in [5.41, 5.74) is 3.08. The number of aliphatic hydroxyl groups is 2. The van der Waals surface area contributed by atoms with Gasteiger partial charge in [-0.3, -0.25) is 4.79 Å². The molecule has 4 rings (SSSR count). The molecule has 9 heteroatoms. The number of aryl methyl sites for hydroxylation is 1. The molecule has 1 aromatic carbocycles. The van der Waals surface area contributed by atoms with Gasteiger partial charge in [0.1, 0.15) is 17.4 Å². The zero-order valence-corrected chi connectivity index (χ0v) is 23.0. The average molecular weight is 553 g/mol. The molecule has 0 saturated carbocycles. The van der Waals surface area contributed by atoms with Crippen LogP contribution in [-0.2, 0) is 16.0 Å². The molecule has 204 valence electrons. The van der Waals surface area contributed by atoms with E-state index in [0.717, 1.165) is 31.2 Å². The molecular weight excluding hydrogens is 515 g/mol. The summed E-state index contributed by atoms with van der Waals surface area (Å²) in [6, 6.07) is 4.10. The minimum Gasteiger partial charge on any atom is -0.390 e. The Morgan fingerprint density at radius 3 is 2.92 bits per heavy atom. The Hall–Kier alpha value is -1.42. The molecule has 1 amide bonds. The second-order valence-electron chi connectivity index (χ2n) is 10.3. The number of fused-ring (bicyclic) bond motifs is 1. The van der Waals surface area contributed by atoms with Crippen LogP contribution in [0.4, 0.5) is 4.39 Å². The maximum absolute atomic E-state index is 13.7. The fourth-order valence-electron chi connectivity index (χ4n) is 5.57. The van der Waals surface area contributed by atoms with Gasteiger partial charge in [0.2, 0.25) is 5.91 Å². The van der Waals surface area contributed by atoms with Gasteiger partial charge in [0.15, 0.2) is 0 Å². The van der Waals surface area contributed by atoms with E-state index in [-0.39, 0.29) is 18.1 Å². The Kier molecular flexibility index (Phi) is 10.1. The molecule has 2 heterocycles. The van der Waals surface area contributed by atoms with E-state index in [2.05, 4.69) is 28.9 Å². The van der Waals surface area contributed by atoms with Gasteiger partial charge in [-0.15, -0.1) is 23.4 Å². The summed E-state index contributed by atoms with van der Waals surface area (Å²) in [6.45, 7) is 2.43. The summed E-state index contributed by atoms with van der Waals surface area (Å²) in [5.74, 6) is -0.0108. The molecule has 1 aliphatic carbocycles. The predicted octanol–water partition coefficient (Wildman–Crippen LogP) is 3.79. The monoisotopic (exact) mass is 552 g/mol. The lowest BCUT2D eigenvalue weighted by atomic mass is 9.95. The second kappa shape index (κ2) is 13.1. The molecule has 0 bridgehead atoms. The maximum atomic E-state index is 13.7. The molecule has 0 spiro atoms. The van der Waals surface area contributed by atoms with Crippen LogP contribution in [0, 0.1) is 5.82 Å². The number of aliphatic hydroxyl groups excluding tert-OH is 2. The van der Waals surface area contributed by atoms with Crippen molar-refractivity contribution in [2.75, 3.05) is 12.8 Å². The van der Waals surface area contributed by atoms with E-state index >= 15 is 0 Å². The van der Waals surface area contributed by atoms with Crippen molar-refractivity contribution in [3.8, 4) is 0 Å². The van der Waals surface area contributed by atoms with Crippen LogP contribution in [-0.4, -0.2) is 70.1 Å². The molecule has 6 nitrogen and oxygen atoms in total. The average Bonchev–Trinajstić information content (AvgIpc) is 3.10. The third-order valence-electron chi connectivity index (χ3n) is 7.66. The van der Waals surface area contributed by atoms with Crippen molar-refractivity contribution in [3.05, 3.63) is 58.9 Å². The van der Waals surface area contributed by atoms with Crippen molar-refractivity contribution in [2.45, 2.75) is 92.6 Å². The van der Waals surface area contributed by atoms with Crippen LogP contribution in [0.2, 0.25) is 0 Å². The van der Waals surface area contributed by atoms with Crippen LogP contribution in [0.1, 0.15) is 56.1 Å². The van der Waals surface area contributed by atoms with Crippen molar-refractivity contribution in [3.63, 3.8) is 0 Å². The highest BCUT2D eigenvalue weighted by Gasteiger charge is 2.42. The van der Waals surface area contributed by atoms with Gasteiger partial charge >= 0.3 is 0 Å². The topological polar surface area (TPSA) is 90.8 Å². The first-order chi connectivity index (χ1) is 17.8. The number of nitrogens with one attached hydrogen (secondary N) is 2. The molecule has 4 N–H and O–H groups in total. The van der Waals surface area contributed by atoms with Gasteiger partial charge in [-0.25, -0.2) is 4.39 Å². The summed E-state index contributed by atoms with van der Waals surface area (Å²) in [7, 11) is 0. The molecule has 1 saturated heterocycles. The number of carbonyl (C=O) groups excluding carboxylic acids is 1. The van der Waals surface area contributed by atoms with Crippen molar-refractivity contribution in [2.24, 2.45) is 0 Å². The number of allylic oxidation sites excluding steroid dienone is 2. The van der Waals surface area contributed by atoms with E-state index in [4.69, 9.17) is 16.3 Å². The van der Waals surface area contributed by atoms with Gasteiger partial charge in [-0.1, -0.05) is 29.9 Å². The number of thioether (sulfide) groups is 1. The highest BCUT2D eigenvalue weighted by molar-refractivity contribution is 7.99. The van der Waals surface area contributed by atoms with Crippen LogP contribution in [0.3, 0.4) is 0 Å². The molecule has 37 heavy (non-hydrogen) atoms. The van der Waals surface area contributed by atoms with Gasteiger partial charge in [0.25, 0.3) is 0 Å². The molecule has 2 aliphatic heterocycles. The van der Waals surface area contributed by atoms with E-state index in [0.29, 0.717) is 18.9 Å². The Bertz CT molecular complexity index is 1010. The molecule has 0 radical (unpaired) electrons. The van der Waals surface area contributed by atoms with E-state index in [9.17, 15) is 19.4 Å². The molecule has 1 fully saturated rings. The van der Waals surface area contributed by atoms with Crippen LogP contribution in [0.25, 0.3) is 0 Å². The smallest absolute Gasteiger partial charge is 0.237 e. The zero-order valence-electron chi connectivity index (χ0n) is 21.4. The van der Waals surface area contributed by atoms with Crippen molar-refractivity contribution in [1.82, 2.24) is 10.6 Å². The first-order valence-corrected chi connectivity index (χ1v) is 14.8. The van der Waals surface area contributed by atoms with Gasteiger partial charge in [-0.05, 0) is 81.0 Å². The van der Waals surface area contributed by atoms with Crippen LogP contribution in [0.5, 0.6) is 0 Å². The van der Waals surface area contributed by atoms with Gasteiger partial charge in [-0.2, -0.15) is 0 Å². The van der Waals surface area contributed by atoms with Gasteiger partial charge in [0.05, 0.1) is 29.7 Å². The number of ether oxygens (including phenoxy) is 1. The summed E-state index contributed by atoms with van der Waals surface area (Å²) >= 11 is 7.79. The molecule has 0 aromatic heterocycles. The van der Waals surface area contributed by atoms with Crippen LogP contribution in [0.15, 0.2) is 42.0 Å². The summed E-state index contributed by atoms with van der Waals surface area (Å²) in [5, 5.41) is 26.5. The Morgan fingerprint density at radius 1 is 1.35 bits per heavy atom. The lowest BCUT2D eigenvalue weighted by molar-refractivity contribution is -0.151. The summed E-state index contributed by atoms with van der Waals surface area (Å²) in [4.78, 5) is 13.2. The fourth-order valence-corrected chi connectivity index (χ4v) is 6.44. The Labute approximate surface area is 228 Å². The van der Waals surface area contributed by atoms with Crippen molar-refractivity contribution >= 4 is 29.3 Å². The first-order valence-electron chi connectivity index (χ1n) is 13.1. The number of alkyl halides is 1. The van der Waals surface area contributed by atoms with Crippen LogP contribution < -0.4 is 10.6 Å². The summed E-state index contributed by atoms with van der Waals surface area (Å²) in [6.07, 6.45) is 10.3. The normalized spacial score (nSPS) is 31.9. The molecule has 1 aromatic rings. The van der Waals surface area contributed by atoms with E-state index in [1.165, 1.54) is 22.9 Å². The lowest BCUT2D eigenvalue weighted by Gasteiger charge is -2.41. The molecule has 8 atom stereocenters. The SMILES string of the molecule is CSC1OC(C(NC(=O)C2CC=C(/C=C/CC3CCc4ccc(F)cc43)CCN2)C(C)Cl)C(O)CC1O. The molecule has 8 unspecified atom stereocenters. The van der Waals surface area contributed by atoms with Crippen molar-refractivity contribution < 1.29 is 24.1 Å². The fraction of sp³-hybridized carbons (Fsp3) is 0.607. The Morgan fingerprint density at radius 2 is 2.16 bits per heavy atom. The molecular formula is C28H38ClFN2O4S. The van der Waals surface area contributed by atoms with Crippen molar-refractivity contribution in [1.29, 1.82) is 0 Å². The minimum atomic E-state index is -0.924. The minimum absolute atomic E-state index is 0.173. The first kappa shape index (κ1) is 28.6. The third-order valence-corrected chi connectivity index (χ3v) is 8.82. The van der Waals surface area contributed by atoms with E-state index in [1.54, 1.807) is 19.1 Å². The highest BCUT2D eigenvalue weighted by Crippen LogP contribution is 2.36. The third kappa shape index (κ3) is 7.16. The number of hydrogen-bond acceptors (Lipinski definition) is 6. The molecule has 3 aliphatic rings. The standard InChI is InChI=1S/C28H38ClFN2O4S/c1-16(29)25(26-23(33)15-24(34)28(36-26)37-2)32-27(35)22-11-6-17(12-13-31-22)4-3-5-18-7-8-19-9-10-20(30)14-21(18)19/h3-4,6,9-10,14,16,18,22-26,28,31,33-34H,5,7-8,11-13,15H2,1-2H3,(H,32,35)/b4-3+. The number of carbonyl (C=O) groups is 1. The zero-order chi connectivity index (χ0) is 26.5.